The lowest BCUT2D eigenvalue weighted by Crippen LogP contribution is -2.57. The SMILES string of the molecule is CO/N=C(\c1ccc(Cl)cc1)C1CCN(C2(C)CCN(C(=O)OC(C)(C)C)CC2)CC1. The lowest BCUT2D eigenvalue weighted by Gasteiger charge is -2.49. The summed E-state index contributed by atoms with van der Waals surface area (Å²) in [6, 6.07) is 7.83. The molecule has 31 heavy (non-hydrogen) atoms. The largest absolute Gasteiger partial charge is 0.444 e. The number of likely N-dealkylation sites (tertiary alicyclic amines) is 2. The van der Waals surface area contributed by atoms with Gasteiger partial charge in [-0.05, 0) is 84.2 Å². The fraction of sp³-hybridized carbons (Fsp3) is 0.667. The van der Waals surface area contributed by atoms with Crippen LogP contribution in [0.4, 0.5) is 4.79 Å². The van der Waals surface area contributed by atoms with Gasteiger partial charge in [0.05, 0.1) is 5.71 Å². The van der Waals surface area contributed by atoms with Gasteiger partial charge in [-0.1, -0.05) is 28.9 Å². The zero-order chi connectivity index (χ0) is 22.6. The fourth-order valence-electron chi connectivity index (χ4n) is 4.59. The molecule has 2 fully saturated rings. The molecule has 0 radical (unpaired) electrons. The smallest absolute Gasteiger partial charge is 0.410 e. The highest BCUT2D eigenvalue weighted by molar-refractivity contribution is 6.30. The van der Waals surface area contributed by atoms with Crippen LogP contribution < -0.4 is 0 Å². The van der Waals surface area contributed by atoms with Crippen molar-refractivity contribution in [2.45, 2.75) is 64.5 Å². The summed E-state index contributed by atoms with van der Waals surface area (Å²) in [5, 5.41) is 5.08. The van der Waals surface area contributed by atoms with Gasteiger partial charge in [-0.15, -0.1) is 0 Å². The molecule has 0 aromatic heterocycles. The Morgan fingerprint density at radius 2 is 1.68 bits per heavy atom. The molecule has 2 heterocycles. The Labute approximate surface area is 191 Å². The highest BCUT2D eigenvalue weighted by Crippen LogP contribution is 2.34. The van der Waals surface area contributed by atoms with Crippen LogP contribution in [0.1, 0.15) is 58.9 Å². The number of carbonyl (C=O) groups excluding carboxylic acids is 1. The Balaban J connectivity index is 1.57. The molecular weight excluding hydrogens is 414 g/mol. The zero-order valence-electron chi connectivity index (χ0n) is 19.5. The normalized spacial score (nSPS) is 21.1. The van der Waals surface area contributed by atoms with Crippen molar-refractivity contribution in [3.05, 3.63) is 34.9 Å². The number of halogens is 1. The summed E-state index contributed by atoms with van der Waals surface area (Å²) in [6.45, 7) is 11.6. The third-order valence-corrected chi connectivity index (χ3v) is 6.72. The second kappa shape index (κ2) is 9.78. The molecule has 2 aliphatic heterocycles. The van der Waals surface area contributed by atoms with E-state index in [1.165, 1.54) is 0 Å². The Bertz CT molecular complexity index is 772. The molecule has 1 aromatic rings. The third-order valence-electron chi connectivity index (χ3n) is 6.47. The summed E-state index contributed by atoms with van der Waals surface area (Å²) in [6.07, 6.45) is 3.81. The molecule has 0 unspecified atom stereocenters. The van der Waals surface area contributed by atoms with Crippen molar-refractivity contribution >= 4 is 23.4 Å². The van der Waals surface area contributed by atoms with E-state index in [2.05, 4.69) is 17.0 Å². The Kier molecular flexibility index (Phi) is 7.53. The Morgan fingerprint density at radius 3 is 2.19 bits per heavy atom. The van der Waals surface area contributed by atoms with Crippen LogP contribution >= 0.6 is 11.6 Å². The van der Waals surface area contributed by atoms with Crippen molar-refractivity contribution in [3.63, 3.8) is 0 Å². The summed E-state index contributed by atoms with van der Waals surface area (Å²) in [5.74, 6) is 0.364. The summed E-state index contributed by atoms with van der Waals surface area (Å²) in [7, 11) is 1.60. The zero-order valence-corrected chi connectivity index (χ0v) is 20.2. The summed E-state index contributed by atoms with van der Waals surface area (Å²) in [4.78, 5) is 22.0. The third kappa shape index (κ3) is 6.13. The molecule has 0 N–H and O–H groups in total. The van der Waals surface area contributed by atoms with E-state index in [0.717, 1.165) is 68.2 Å². The van der Waals surface area contributed by atoms with Crippen molar-refractivity contribution in [2.24, 2.45) is 11.1 Å². The topological polar surface area (TPSA) is 54.4 Å². The molecule has 1 aromatic carbocycles. The first-order chi connectivity index (χ1) is 14.6. The van der Waals surface area contributed by atoms with Crippen molar-refractivity contribution in [1.29, 1.82) is 0 Å². The standard InChI is InChI=1S/C24H36ClN3O3/c1-23(2,3)31-22(29)27-16-12-24(4,13-17-27)28-14-10-19(11-15-28)21(26-30-5)18-6-8-20(25)9-7-18/h6-9,19H,10-17H2,1-5H3/b26-21+. The van der Waals surface area contributed by atoms with Gasteiger partial charge in [0, 0.05) is 29.6 Å². The molecule has 7 heteroatoms. The number of benzene rings is 1. The van der Waals surface area contributed by atoms with Crippen LogP contribution in [0.25, 0.3) is 0 Å². The molecule has 0 saturated carbocycles. The van der Waals surface area contributed by atoms with Crippen molar-refractivity contribution in [3.8, 4) is 0 Å². The summed E-state index contributed by atoms with van der Waals surface area (Å²) in [5.41, 5.74) is 1.73. The van der Waals surface area contributed by atoms with Gasteiger partial charge in [0.15, 0.2) is 0 Å². The van der Waals surface area contributed by atoms with E-state index >= 15 is 0 Å². The maximum Gasteiger partial charge on any atom is 0.410 e. The van der Waals surface area contributed by atoms with Crippen molar-refractivity contribution < 1.29 is 14.4 Å². The van der Waals surface area contributed by atoms with Crippen LogP contribution in [0.3, 0.4) is 0 Å². The van der Waals surface area contributed by atoms with Gasteiger partial charge in [-0.2, -0.15) is 0 Å². The molecule has 2 aliphatic rings. The van der Waals surface area contributed by atoms with Crippen molar-refractivity contribution in [1.82, 2.24) is 9.80 Å². The van der Waals surface area contributed by atoms with E-state index in [-0.39, 0.29) is 11.6 Å². The minimum atomic E-state index is -0.453. The molecule has 0 bridgehead atoms. The number of piperidine rings is 2. The second-order valence-corrected chi connectivity index (χ2v) is 10.3. The van der Waals surface area contributed by atoms with Gasteiger partial charge in [-0.25, -0.2) is 4.79 Å². The van der Waals surface area contributed by atoms with Crippen LogP contribution in [-0.2, 0) is 9.57 Å². The highest BCUT2D eigenvalue weighted by Gasteiger charge is 2.40. The van der Waals surface area contributed by atoms with E-state index in [1.54, 1.807) is 7.11 Å². The van der Waals surface area contributed by atoms with E-state index in [1.807, 2.05) is 49.9 Å². The number of hydrogen-bond acceptors (Lipinski definition) is 5. The van der Waals surface area contributed by atoms with Crippen molar-refractivity contribution in [2.75, 3.05) is 33.3 Å². The first kappa shape index (κ1) is 23.9. The molecule has 172 valence electrons. The molecule has 0 atom stereocenters. The molecule has 0 aliphatic carbocycles. The summed E-state index contributed by atoms with van der Waals surface area (Å²) < 4.78 is 5.54. The van der Waals surface area contributed by atoms with Crippen LogP contribution in [-0.4, -0.2) is 66.0 Å². The van der Waals surface area contributed by atoms with Crippen LogP contribution in [0.15, 0.2) is 29.4 Å². The molecular formula is C24H36ClN3O3. The van der Waals surface area contributed by atoms with E-state index in [0.29, 0.717) is 5.92 Å². The monoisotopic (exact) mass is 449 g/mol. The maximum absolute atomic E-state index is 12.4. The predicted octanol–water partition coefficient (Wildman–Crippen LogP) is 5.19. The minimum Gasteiger partial charge on any atom is -0.444 e. The number of ether oxygens (including phenoxy) is 1. The Morgan fingerprint density at radius 1 is 1.10 bits per heavy atom. The average Bonchev–Trinajstić information content (AvgIpc) is 2.72. The van der Waals surface area contributed by atoms with Crippen LogP contribution in [0.5, 0.6) is 0 Å². The number of nitrogens with zero attached hydrogens (tertiary/aromatic N) is 3. The number of amides is 1. The lowest BCUT2D eigenvalue weighted by molar-refractivity contribution is -0.00825. The second-order valence-electron chi connectivity index (χ2n) is 9.89. The van der Waals surface area contributed by atoms with Crippen LogP contribution in [0.2, 0.25) is 5.02 Å². The average molecular weight is 450 g/mol. The van der Waals surface area contributed by atoms with Gasteiger partial charge < -0.3 is 14.5 Å². The Hall–Kier alpha value is -1.79. The summed E-state index contributed by atoms with van der Waals surface area (Å²) >= 11 is 6.05. The maximum atomic E-state index is 12.4. The molecule has 6 nitrogen and oxygen atoms in total. The van der Waals surface area contributed by atoms with Crippen LogP contribution in [0, 0.1) is 5.92 Å². The van der Waals surface area contributed by atoms with Gasteiger partial charge in [0.25, 0.3) is 0 Å². The number of rotatable bonds is 4. The van der Waals surface area contributed by atoms with E-state index in [9.17, 15) is 4.79 Å². The number of carbonyl (C=O) groups is 1. The quantitative estimate of drug-likeness (QED) is 0.468. The van der Waals surface area contributed by atoms with Gasteiger partial charge in [-0.3, -0.25) is 4.90 Å². The van der Waals surface area contributed by atoms with Gasteiger partial charge in [0.2, 0.25) is 0 Å². The first-order valence-electron chi connectivity index (χ1n) is 11.2. The van der Waals surface area contributed by atoms with E-state index < -0.39 is 5.60 Å². The highest BCUT2D eigenvalue weighted by atomic mass is 35.5. The fourth-order valence-corrected chi connectivity index (χ4v) is 4.71. The number of oxime groups is 1. The lowest BCUT2D eigenvalue weighted by atomic mass is 9.82. The molecule has 1 amide bonds. The molecule has 3 rings (SSSR count). The first-order valence-corrected chi connectivity index (χ1v) is 11.6. The van der Waals surface area contributed by atoms with E-state index in [4.69, 9.17) is 21.2 Å². The van der Waals surface area contributed by atoms with Gasteiger partial charge in [0.1, 0.15) is 12.7 Å². The minimum absolute atomic E-state index is 0.113. The number of hydrogen-bond donors (Lipinski definition) is 0. The van der Waals surface area contributed by atoms with Gasteiger partial charge >= 0.3 is 6.09 Å². The molecule has 2 saturated heterocycles. The molecule has 0 spiro atoms. The predicted molar refractivity (Wildman–Crippen MR) is 125 cm³/mol.